The monoisotopic (exact) mass is 236 g/mol. The quantitative estimate of drug-likeness (QED) is 0.687. The lowest BCUT2D eigenvalue weighted by Crippen LogP contribution is -2.41. The number of hydrazone groups is 1. The van der Waals surface area contributed by atoms with Crippen LogP contribution < -0.4 is 0 Å². The first-order valence-corrected chi connectivity index (χ1v) is 6.55. The molecule has 94 valence electrons. The van der Waals surface area contributed by atoms with Crippen LogP contribution in [0.3, 0.4) is 0 Å². The van der Waals surface area contributed by atoms with Crippen LogP contribution in [0, 0.1) is 0 Å². The first-order valence-electron chi connectivity index (χ1n) is 6.55. The van der Waals surface area contributed by atoms with E-state index in [9.17, 15) is 0 Å². The van der Waals surface area contributed by atoms with E-state index in [1.807, 2.05) is 6.21 Å². The van der Waals surface area contributed by atoms with Gasteiger partial charge >= 0.3 is 7.12 Å². The van der Waals surface area contributed by atoms with Gasteiger partial charge in [0.2, 0.25) is 0 Å². The number of rotatable bonds is 2. The molecular weight excluding hydrogens is 215 g/mol. The molecule has 0 aromatic rings. The van der Waals surface area contributed by atoms with Crippen molar-refractivity contribution in [3.63, 3.8) is 0 Å². The molecule has 5 heteroatoms. The van der Waals surface area contributed by atoms with Gasteiger partial charge in [0.05, 0.1) is 17.0 Å². The summed E-state index contributed by atoms with van der Waals surface area (Å²) in [4.78, 5) is 0. The third-order valence-electron chi connectivity index (χ3n) is 4.39. The molecule has 3 rings (SSSR count). The Balaban J connectivity index is 1.66. The highest BCUT2D eigenvalue weighted by molar-refractivity contribution is 6.52. The zero-order valence-corrected chi connectivity index (χ0v) is 11.1. The molecule has 1 aliphatic carbocycles. The third-order valence-corrected chi connectivity index (χ3v) is 4.39. The molecule has 3 aliphatic rings. The lowest BCUT2D eigenvalue weighted by molar-refractivity contribution is 0.00578. The van der Waals surface area contributed by atoms with Gasteiger partial charge in [0.15, 0.2) is 0 Å². The first-order chi connectivity index (χ1) is 7.89. The van der Waals surface area contributed by atoms with Crippen LogP contribution >= 0.6 is 0 Å². The van der Waals surface area contributed by atoms with Gasteiger partial charge in [0.1, 0.15) is 0 Å². The van der Waals surface area contributed by atoms with Gasteiger partial charge in [0, 0.05) is 18.8 Å². The van der Waals surface area contributed by atoms with E-state index in [-0.39, 0.29) is 24.1 Å². The van der Waals surface area contributed by atoms with Gasteiger partial charge in [-0.05, 0) is 40.5 Å². The van der Waals surface area contributed by atoms with Gasteiger partial charge in [-0.2, -0.15) is 5.10 Å². The topological polar surface area (TPSA) is 34.1 Å². The smallest absolute Gasteiger partial charge is 0.403 e. The van der Waals surface area contributed by atoms with Crippen LogP contribution in [0.15, 0.2) is 5.10 Å². The highest BCUT2D eigenvalue weighted by atomic mass is 16.7. The highest BCUT2D eigenvalue weighted by Crippen LogP contribution is 2.41. The predicted molar refractivity (Wildman–Crippen MR) is 68.1 cm³/mol. The van der Waals surface area contributed by atoms with Crippen LogP contribution in [0.2, 0.25) is 5.82 Å². The second kappa shape index (κ2) is 3.48. The number of nitrogens with zero attached hydrogens (tertiary/aromatic N) is 2. The van der Waals surface area contributed by atoms with Crippen molar-refractivity contribution in [2.45, 2.75) is 63.6 Å². The Kier molecular flexibility index (Phi) is 2.36. The molecule has 0 radical (unpaired) electrons. The molecule has 0 bridgehead atoms. The van der Waals surface area contributed by atoms with E-state index in [1.54, 1.807) is 0 Å². The minimum atomic E-state index is -0.238. The van der Waals surface area contributed by atoms with E-state index in [0.29, 0.717) is 6.04 Å². The fraction of sp³-hybridized carbons (Fsp3) is 0.917. The molecule has 1 unspecified atom stereocenters. The molecule has 1 saturated heterocycles. The van der Waals surface area contributed by atoms with E-state index in [1.165, 1.54) is 12.8 Å². The molecule has 2 aliphatic heterocycles. The maximum absolute atomic E-state index is 6.06. The van der Waals surface area contributed by atoms with Crippen LogP contribution in [0.5, 0.6) is 0 Å². The molecule has 2 heterocycles. The Labute approximate surface area is 103 Å². The summed E-state index contributed by atoms with van der Waals surface area (Å²) in [6, 6.07) is 0.679. The average molecular weight is 236 g/mol. The van der Waals surface area contributed by atoms with E-state index in [0.717, 1.165) is 6.54 Å². The molecule has 0 amide bonds. The van der Waals surface area contributed by atoms with E-state index >= 15 is 0 Å². The fourth-order valence-electron chi connectivity index (χ4n) is 2.32. The summed E-state index contributed by atoms with van der Waals surface area (Å²) in [6.45, 7) is 9.33. The summed E-state index contributed by atoms with van der Waals surface area (Å²) in [5.41, 5.74) is -0.475. The zero-order valence-electron chi connectivity index (χ0n) is 11.1. The minimum absolute atomic E-state index is 0.146. The van der Waals surface area contributed by atoms with Crippen molar-refractivity contribution >= 4 is 13.3 Å². The highest BCUT2D eigenvalue weighted by Gasteiger charge is 2.54. The Hall–Kier alpha value is -0.545. The molecular formula is C12H21BN2O2. The summed E-state index contributed by atoms with van der Waals surface area (Å²) in [5.74, 6) is 0.275. The van der Waals surface area contributed by atoms with Gasteiger partial charge in [-0.25, -0.2) is 0 Å². The molecule has 4 nitrogen and oxygen atoms in total. The maximum Gasteiger partial charge on any atom is 0.468 e. The van der Waals surface area contributed by atoms with Crippen molar-refractivity contribution < 1.29 is 9.31 Å². The summed E-state index contributed by atoms with van der Waals surface area (Å²) in [6.07, 6.45) is 4.57. The zero-order chi connectivity index (χ0) is 12.3. The van der Waals surface area contributed by atoms with Crippen molar-refractivity contribution in [3.8, 4) is 0 Å². The van der Waals surface area contributed by atoms with E-state index in [4.69, 9.17) is 9.31 Å². The molecule has 1 atom stereocenters. The number of hydrogen-bond donors (Lipinski definition) is 0. The Morgan fingerprint density at radius 2 is 1.76 bits per heavy atom. The lowest BCUT2D eigenvalue weighted by atomic mass is 9.73. The average Bonchev–Trinajstić information content (AvgIpc) is 2.89. The van der Waals surface area contributed by atoms with Gasteiger partial charge in [-0.3, -0.25) is 5.01 Å². The van der Waals surface area contributed by atoms with Crippen molar-refractivity contribution in [1.29, 1.82) is 0 Å². The molecule has 0 aromatic carbocycles. The Morgan fingerprint density at radius 3 is 2.29 bits per heavy atom. The van der Waals surface area contributed by atoms with E-state index < -0.39 is 0 Å². The third kappa shape index (κ3) is 1.89. The Morgan fingerprint density at radius 1 is 1.18 bits per heavy atom. The summed E-state index contributed by atoms with van der Waals surface area (Å²) in [7, 11) is -0.146. The van der Waals surface area contributed by atoms with Crippen molar-refractivity contribution in [2.24, 2.45) is 5.10 Å². The van der Waals surface area contributed by atoms with Crippen LogP contribution in [-0.2, 0) is 9.31 Å². The van der Waals surface area contributed by atoms with Crippen molar-refractivity contribution in [2.75, 3.05) is 6.54 Å². The molecule has 0 spiro atoms. The molecule has 0 N–H and O–H groups in total. The summed E-state index contributed by atoms with van der Waals surface area (Å²) < 4.78 is 12.1. The SMILES string of the molecule is CC1(C)OB(C2C=NN(C3CC3)C2)OC1(C)C. The summed E-state index contributed by atoms with van der Waals surface area (Å²) in [5, 5.41) is 6.66. The normalized spacial score (nSPS) is 34.7. The first kappa shape index (κ1) is 11.5. The van der Waals surface area contributed by atoms with Gasteiger partial charge in [0.25, 0.3) is 0 Å². The molecule has 1 saturated carbocycles. The summed E-state index contributed by atoms with van der Waals surface area (Å²) >= 11 is 0. The lowest BCUT2D eigenvalue weighted by Gasteiger charge is -2.32. The predicted octanol–water partition coefficient (Wildman–Crippen LogP) is 1.91. The van der Waals surface area contributed by atoms with Gasteiger partial charge in [-0.15, -0.1) is 0 Å². The van der Waals surface area contributed by atoms with Crippen LogP contribution in [-0.4, -0.2) is 42.1 Å². The van der Waals surface area contributed by atoms with Crippen molar-refractivity contribution in [3.05, 3.63) is 0 Å². The second-order valence-corrected chi connectivity index (χ2v) is 6.41. The van der Waals surface area contributed by atoms with Crippen molar-refractivity contribution in [1.82, 2.24) is 5.01 Å². The van der Waals surface area contributed by atoms with Gasteiger partial charge in [-0.1, -0.05) is 0 Å². The molecule has 2 fully saturated rings. The molecule has 17 heavy (non-hydrogen) atoms. The minimum Gasteiger partial charge on any atom is -0.403 e. The standard InChI is InChI=1S/C12H21BN2O2/c1-11(2)12(3,4)17-13(16-11)9-7-14-15(8-9)10-5-6-10/h7,9-10H,5-6,8H2,1-4H3. The van der Waals surface area contributed by atoms with E-state index in [2.05, 4.69) is 37.8 Å². The fourth-order valence-corrected chi connectivity index (χ4v) is 2.32. The largest absolute Gasteiger partial charge is 0.468 e. The van der Waals surface area contributed by atoms with Crippen LogP contribution in [0.1, 0.15) is 40.5 Å². The maximum atomic E-state index is 6.06. The van der Waals surface area contributed by atoms with Crippen LogP contribution in [0.25, 0.3) is 0 Å². The van der Waals surface area contributed by atoms with Gasteiger partial charge < -0.3 is 9.31 Å². The Bertz CT molecular complexity index is 336. The number of hydrogen-bond acceptors (Lipinski definition) is 4. The molecule has 0 aromatic heterocycles. The second-order valence-electron chi connectivity index (χ2n) is 6.41. The van der Waals surface area contributed by atoms with Crippen LogP contribution in [0.4, 0.5) is 0 Å².